The maximum Gasteiger partial charge on any atom is 0.287 e. The maximum atomic E-state index is 12.6. The summed E-state index contributed by atoms with van der Waals surface area (Å²) >= 11 is 0. The molecule has 1 aliphatic heterocycles. The molecule has 1 atom stereocenters. The van der Waals surface area contributed by atoms with Crippen molar-refractivity contribution in [1.82, 2.24) is 20.5 Å². The standard InChI is InChI=1S/C16H16N4O4/c21-14-10-6-9(24-7-8-2-1-5-17-8)3-4-11(10)18-13-12(14)15(22)19-20-16(13)23/h3-4,6,8,17H,1-2,5,7H2,(H,18,21)(H,19,22)(H,20,23)/t8-/m0/s1. The van der Waals surface area contributed by atoms with Crippen molar-refractivity contribution in [2.45, 2.75) is 18.9 Å². The first-order valence-electron chi connectivity index (χ1n) is 7.80. The van der Waals surface area contributed by atoms with Crippen LogP contribution in [-0.2, 0) is 0 Å². The Balaban J connectivity index is 1.81. The van der Waals surface area contributed by atoms with E-state index in [-0.39, 0.29) is 10.9 Å². The van der Waals surface area contributed by atoms with Crippen LogP contribution in [0.5, 0.6) is 5.75 Å². The van der Waals surface area contributed by atoms with Crippen LogP contribution in [0.25, 0.3) is 21.8 Å². The van der Waals surface area contributed by atoms with Gasteiger partial charge in [-0.1, -0.05) is 0 Å². The molecule has 0 aliphatic carbocycles. The molecule has 1 fully saturated rings. The van der Waals surface area contributed by atoms with Gasteiger partial charge in [-0.15, -0.1) is 0 Å². The Kier molecular flexibility index (Phi) is 3.46. The summed E-state index contributed by atoms with van der Waals surface area (Å²) in [7, 11) is 0. The summed E-state index contributed by atoms with van der Waals surface area (Å²) in [4.78, 5) is 39.2. The van der Waals surface area contributed by atoms with E-state index in [1.165, 1.54) is 0 Å². The van der Waals surface area contributed by atoms with Crippen LogP contribution < -0.4 is 26.6 Å². The summed E-state index contributed by atoms with van der Waals surface area (Å²) < 4.78 is 5.75. The molecule has 0 unspecified atom stereocenters. The minimum atomic E-state index is -0.630. The number of H-pyrrole nitrogens is 3. The highest BCUT2D eigenvalue weighted by Crippen LogP contribution is 2.19. The minimum absolute atomic E-state index is 0.0277. The number of hydrogen-bond acceptors (Lipinski definition) is 5. The minimum Gasteiger partial charge on any atom is -0.492 e. The molecule has 1 aromatic carbocycles. The van der Waals surface area contributed by atoms with Crippen molar-refractivity contribution in [1.29, 1.82) is 0 Å². The summed E-state index contributed by atoms with van der Waals surface area (Å²) in [6.07, 6.45) is 2.20. The third kappa shape index (κ3) is 2.41. The van der Waals surface area contributed by atoms with Crippen LogP contribution in [0.15, 0.2) is 32.6 Å². The van der Waals surface area contributed by atoms with E-state index in [1.54, 1.807) is 18.2 Å². The van der Waals surface area contributed by atoms with E-state index < -0.39 is 16.5 Å². The van der Waals surface area contributed by atoms with Crippen molar-refractivity contribution < 1.29 is 4.74 Å². The lowest BCUT2D eigenvalue weighted by atomic mass is 10.1. The quantitative estimate of drug-likeness (QED) is 0.512. The molecule has 3 heterocycles. The molecule has 0 bridgehead atoms. The fraction of sp³-hybridized carbons (Fsp3) is 0.312. The summed E-state index contributed by atoms with van der Waals surface area (Å²) in [5.74, 6) is 0.558. The van der Waals surface area contributed by atoms with Gasteiger partial charge >= 0.3 is 0 Å². The Labute approximate surface area is 134 Å². The van der Waals surface area contributed by atoms with Crippen molar-refractivity contribution >= 4 is 21.8 Å². The van der Waals surface area contributed by atoms with Crippen LogP contribution in [0.1, 0.15) is 12.8 Å². The number of rotatable bonds is 3. The van der Waals surface area contributed by atoms with Gasteiger partial charge in [0.15, 0.2) is 0 Å². The Morgan fingerprint density at radius 1 is 1.12 bits per heavy atom. The number of ether oxygens (including phenoxy) is 1. The zero-order valence-corrected chi connectivity index (χ0v) is 12.8. The molecule has 0 radical (unpaired) electrons. The second-order valence-corrected chi connectivity index (χ2v) is 5.92. The van der Waals surface area contributed by atoms with E-state index in [1.807, 2.05) is 0 Å². The van der Waals surface area contributed by atoms with Gasteiger partial charge in [0.1, 0.15) is 23.3 Å². The molecule has 8 heteroatoms. The molecule has 0 spiro atoms. The largest absolute Gasteiger partial charge is 0.492 e. The van der Waals surface area contributed by atoms with Crippen LogP contribution in [0, 0.1) is 0 Å². The first kappa shape index (κ1) is 14.7. The summed E-state index contributed by atoms with van der Waals surface area (Å²) in [5.41, 5.74) is -1.21. The molecule has 4 rings (SSSR count). The first-order chi connectivity index (χ1) is 11.6. The molecule has 8 nitrogen and oxygen atoms in total. The molecular formula is C16H16N4O4. The van der Waals surface area contributed by atoms with E-state index in [2.05, 4.69) is 20.5 Å². The van der Waals surface area contributed by atoms with Crippen molar-refractivity contribution in [2.24, 2.45) is 0 Å². The highest BCUT2D eigenvalue weighted by Gasteiger charge is 2.15. The molecule has 1 saturated heterocycles. The number of aromatic nitrogens is 3. The summed E-state index contributed by atoms with van der Waals surface area (Å²) in [6.45, 7) is 1.52. The molecule has 2 aromatic heterocycles. The predicted molar refractivity (Wildman–Crippen MR) is 89.8 cm³/mol. The van der Waals surface area contributed by atoms with E-state index in [4.69, 9.17) is 4.74 Å². The topological polar surface area (TPSA) is 120 Å². The third-order valence-corrected chi connectivity index (χ3v) is 4.33. The van der Waals surface area contributed by atoms with Gasteiger partial charge in [0.05, 0.1) is 5.52 Å². The van der Waals surface area contributed by atoms with Gasteiger partial charge in [-0.2, -0.15) is 0 Å². The van der Waals surface area contributed by atoms with E-state index in [0.717, 1.165) is 19.4 Å². The average molecular weight is 328 g/mol. The van der Waals surface area contributed by atoms with Crippen LogP contribution in [0.4, 0.5) is 0 Å². The zero-order chi connectivity index (χ0) is 16.7. The normalized spacial score (nSPS) is 17.6. The average Bonchev–Trinajstić information content (AvgIpc) is 3.10. The highest BCUT2D eigenvalue weighted by molar-refractivity contribution is 5.92. The van der Waals surface area contributed by atoms with Gasteiger partial charge in [-0.3, -0.25) is 24.6 Å². The SMILES string of the molecule is O=c1[nH][nH]c(=O)c2c(=O)c3cc(OC[C@@H]4CCCN4)ccc3[nH]c12. The number of benzene rings is 1. The van der Waals surface area contributed by atoms with Crippen LogP contribution >= 0.6 is 0 Å². The Morgan fingerprint density at radius 2 is 1.96 bits per heavy atom. The Morgan fingerprint density at radius 3 is 2.75 bits per heavy atom. The van der Waals surface area contributed by atoms with Crippen LogP contribution in [0.3, 0.4) is 0 Å². The lowest BCUT2D eigenvalue weighted by Crippen LogP contribution is -2.28. The van der Waals surface area contributed by atoms with Gasteiger partial charge < -0.3 is 15.0 Å². The highest BCUT2D eigenvalue weighted by atomic mass is 16.5. The summed E-state index contributed by atoms with van der Waals surface area (Å²) in [5, 5.41) is 7.85. The Bertz CT molecular complexity index is 1090. The number of aromatic amines is 3. The molecule has 4 N–H and O–H groups in total. The predicted octanol–water partition coefficient (Wildman–Crippen LogP) is 0.189. The smallest absolute Gasteiger partial charge is 0.287 e. The van der Waals surface area contributed by atoms with Gasteiger partial charge in [0, 0.05) is 11.4 Å². The molecular weight excluding hydrogens is 312 g/mol. The maximum absolute atomic E-state index is 12.6. The summed E-state index contributed by atoms with van der Waals surface area (Å²) in [6, 6.07) is 5.33. The van der Waals surface area contributed by atoms with Crippen molar-refractivity contribution in [3.8, 4) is 5.75 Å². The fourth-order valence-corrected chi connectivity index (χ4v) is 3.08. The molecule has 1 aliphatic rings. The molecule has 0 saturated carbocycles. The lowest BCUT2D eigenvalue weighted by molar-refractivity contribution is 0.277. The number of fused-ring (bicyclic) bond motifs is 2. The second kappa shape index (κ2) is 5.64. The van der Waals surface area contributed by atoms with Crippen molar-refractivity contribution in [3.05, 3.63) is 49.1 Å². The van der Waals surface area contributed by atoms with E-state index in [0.29, 0.717) is 29.3 Å². The third-order valence-electron chi connectivity index (χ3n) is 4.33. The van der Waals surface area contributed by atoms with Gasteiger partial charge in [0.2, 0.25) is 5.43 Å². The van der Waals surface area contributed by atoms with Gasteiger partial charge in [0.25, 0.3) is 11.1 Å². The molecule has 0 amide bonds. The first-order valence-corrected chi connectivity index (χ1v) is 7.80. The molecule has 24 heavy (non-hydrogen) atoms. The van der Waals surface area contributed by atoms with Gasteiger partial charge in [-0.25, -0.2) is 0 Å². The van der Waals surface area contributed by atoms with Crippen LogP contribution in [0.2, 0.25) is 0 Å². The fourth-order valence-electron chi connectivity index (χ4n) is 3.08. The number of nitrogens with one attached hydrogen (secondary N) is 4. The Hall–Kier alpha value is -2.87. The molecule has 3 aromatic rings. The second-order valence-electron chi connectivity index (χ2n) is 5.92. The van der Waals surface area contributed by atoms with E-state index >= 15 is 0 Å². The number of hydrogen-bond donors (Lipinski definition) is 4. The van der Waals surface area contributed by atoms with Gasteiger partial charge in [-0.05, 0) is 37.6 Å². The zero-order valence-electron chi connectivity index (χ0n) is 12.8. The lowest BCUT2D eigenvalue weighted by Gasteiger charge is -2.12. The monoisotopic (exact) mass is 328 g/mol. The van der Waals surface area contributed by atoms with Crippen molar-refractivity contribution in [2.75, 3.05) is 13.2 Å². The van der Waals surface area contributed by atoms with Crippen molar-refractivity contribution in [3.63, 3.8) is 0 Å². The van der Waals surface area contributed by atoms with E-state index in [9.17, 15) is 14.4 Å². The number of pyridine rings is 1. The molecule has 124 valence electrons. The van der Waals surface area contributed by atoms with Crippen LogP contribution in [-0.4, -0.2) is 34.4 Å².